The van der Waals surface area contributed by atoms with Crippen molar-refractivity contribution in [2.24, 2.45) is 0 Å². The van der Waals surface area contributed by atoms with Crippen molar-refractivity contribution < 1.29 is 0 Å². The maximum absolute atomic E-state index is 4.96. The summed E-state index contributed by atoms with van der Waals surface area (Å²) in [6.45, 7) is 0. The molecular weight excluding hydrogens is 490 g/mol. The monoisotopic (exact) mass is 513 g/mol. The zero-order valence-corrected chi connectivity index (χ0v) is 21.5. The van der Waals surface area contributed by atoms with Gasteiger partial charge in [-0.2, -0.15) is 0 Å². The molecule has 0 radical (unpaired) electrons. The Balaban J connectivity index is 1.45. The van der Waals surface area contributed by atoms with Crippen LogP contribution in [0, 0.1) is 0 Å². The van der Waals surface area contributed by atoms with Gasteiger partial charge in [0.2, 0.25) is 0 Å². The lowest BCUT2D eigenvalue weighted by atomic mass is 9.97. The lowest BCUT2D eigenvalue weighted by Crippen LogP contribution is -2.00. The highest BCUT2D eigenvalue weighted by molar-refractivity contribution is 5.89. The molecule has 5 heteroatoms. The predicted octanol–water partition coefficient (Wildman–Crippen LogP) is 8.15. The van der Waals surface area contributed by atoms with Crippen LogP contribution in [0.15, 0.2) is 140 Å². The first kappa shape index (κ1) is 23.6. The van der Waals surface area contributed by atoms with Crippen molar-refractivity contribution in [3.05, 3.63) is 140 Å². The third kappa shape index (κ3) is 4.72. The molecule has 188 valence electrons. The first-order valence-corrected chi connectivity index (χ1v) is 13.1. The molecule has 0 N–H and O–H groups in total. The Morgan fingerprint density at radius 1 is 0.300 bits per heavy atom. The minimum absolute atomic E-state index is 0.590. The Morgan fingerprint density at radius 2 is 0.800 bits per heavy atom. The van der Waals surface area contributed by atoms with Gasteiger partial charge < -0.3 is 0 Å². The number of nitrogens with zero attached hydrogens (tertiary/aromatic N) is 5. The molecule has 0 amide bonds. The fourth-order valence-electron chi connectivity index (χ4n) is 4.81. The zero-order valence-electron chi connectivity index (χ0n) is 21.5. The minimum atomic E-state index is 0.590. The average Bonchev–Trinajstić information content (AvgIpc) is 3.05. The average molecular weight is 514 g/mol. The number of fused-ring (bicyclic) bond motifs is 1. The molecule has 0 fully saturated rings. The lowest BCUT2D eigenvalue weighted by Gasteiger charge is -2.12. The van der Waals surface area contributed by atoms with Crippen molar-refractivity contribution in [3.8, 4) is 56.7 Å². The van der Waals surface area contributed by atoms with Gasteiger partial charge in [0.25, 0.3) is 0 Å². The van der Waals surface area contributed by atoms with Crippen molar-refractivity contribution in [1.82, 2.24) is 24.9 Å². The van der Waals surface area contributed by atoms with Gasteiger partial charge in [0, 0.05) is 34.6 Å². The molecule has 0 atom stereocenters. The van der Waals surface area contributed by atoms with Crippen molar-refractivity contribution in [2.75, 3.05) is 0 Å². The van der Waals surface area contributed by atoms with Gasteiger partial charge in [-0.3, -0.25) is 0 Å². The number of rotatable bonds is 5. The molecule has 0 aliphatic carbocycles. The van der Waals surface area contributed by atoms with E-state index in [1.807, 2.05) is 66.7 Å². The van der Waals surface area contributed by atoms with E-state index in [-0.39, 0.29) is 0 Å². The molecule has 0 saturated carbocycles. The summed E-state index contributed by atoms with van der Waals surface area (Å²) in [5.74, 6) is 2.48. The molecule has 0 aliphatic heterocycles. The highest BCUT2D eigenvalue weighted by Crippen LogP contribution is 2.33. The third-order valence-corrected chi connectivity index (χ3v) is 6.80. The first-order valence-electron chi connectivity index (χ1n) is 13.1. The van der Waals surface area contributed by atoms with E-state index in [9.17, 15) is 0 Å². The topological polar surface area (TPSA) is 64.5 Å². The van der Waals surface area contributed by atoms with E-state index in [4.69, 9.17) is 15.0 Å². The van der Waals surface area contributed by atoms with Gasteiger partial charge in [0.05, 0.1) is 0 Å². The van der Waals surface area contributed by atoms with E-state index in [0.717, 1.165) is 33.4 Å². The molecule has 0 aliphatic rings. The van der Waals surface area contributed by atoms with E-state index in [2.05, 4.69) is 70.6 Å². The molecule has 7 aromatic rings. The quantitative estimate of drug-likeness (QED) is 0.232. The fourth-order valence-corrected chi connectivity index (χ4v) is 4.81. The van der Waals surface area contributed by atoms with E-state index in [1.54, 1.807) is 12.4 Å². The van der Waals surface area contributed by atoms with Crippen LogP contribution >= 0.6 is 0 Å². The Labute approximate surface area is 231 Å². The van der Waals surface area contributed by atoms with Crippen LogP contribution in [0.25, 0.3) is 67.5 Å². The summed E-state index contributed by atoms with van der Waals surface area (Å²) in [6, 6.07) is 43.0. The van der Waals surface area contributed by atoms with E-state index >= 15 is 0 Å². The van der Waals surface area contributed by atoms with E-state index in [1.165, 1.54) is 10.8 Å². The Bertz CT molecular complexity index is 1880. The summed E-state index contributed by atoms with van der Waals surface area (Å²) < 4.78 is 0. The second kappa shape index (κ2) is 10.3. The molecule has 5 aromatic carbocycles. The minimum Gasteiger partial charge on any atom is -0.237 e. The molecule has 0 unspecified atom stereocenters. The van der Waals surface area contributed by atoms with Crippen LogP contribution in [0.5, 0.6) is 0 Å². The van der Waals surface area contributed by atoms with E-state index in [0.29, 0.717) is 23.3 Å². The first-order chi connectivity index (χ1) is 19.8. The maximum Gasteiger partial charge on any atom is 0.164 e. The lowest BCUT2D eigenvalue weighted by molar-refractivity contribution is 1.07. The normalized spacial score (nSPS) is 11.0. The molecular formula is C35H23N5. The smallest absolute Gasteiger partial charge is 0.164 e. The Kier molecular flexibility index (Phi) is 6.07. The summed E-state index contributed by atoms with van der Waals surface area (Å²) in [6.07, 6.45) is 3.52. The molecule has 0 saturated heterocycles. The molecule has 0 spiro atoms. The van der Waals surface area contributed by atoms with Crippen molar-refractivity contribution in [2.45, 2.75) is 0 Å². The second-order valence-corrected chi connectivity index (χ2v) is 9.47. The van der Waals surface area contributed by atoms with Crippen LogP contribution in [0.1, 0.15) is 0 Å². The van der Waals surface area contributed by atoms with Crippen LogP contribution in [0.4, 0.5) is 0 Å². The molecule has 40 heavy (non-hydrogen) atoms. The summed E-state index contributed by atoms with van der Waals surface area (Å²) in [4.78, 5) is 23.8. The molecule has 7 rings (SSSR count). The van der Waals surface area contributed by atoms with Crippen LogP contribution in [-0.4, -0.2) is 24.9 Å². The number of hydrogen-bond donors (Lipinski definition) is 0. The van der Waals surface area contributed by atoms with Gasteiger partial charge in [-0.25, -0.2) is 24.9 Å². The van der Waals surface area contributed by atoms with Crippen LogP contribution in [0.2, 0.25) is 0 Å². The summed E-state index contributed by atoms with van der Waals surface area (Å²) in [5, 5.41) is 2.38. The largest absolute Gasteiger partial charge is 0.237 e. The Morgan fingerprint density at radius 3 is 1.43 bits per heavy atom. The van der Waals surface area contributed by atoms with Gasteiger partial charge in [0.1, 0.15) is 0 Å². The second-order valence-electron chi connectivity index (χ2n) is 9.47. The fraction of sp³-hybridized carbons (Fsp3) is 0. The van der Waals surface area contributed by atoms with Crippen molar-refractivity contribution in [3.63, 3.8) is 0 Å². The van der Waals surface area contributed by atoms with Crippen LogP contribution < -0.4 is 0 Å². The van der Waals surface area contributed by atoms with Gasteiger partial charge in [-0.15, -0.1) is 0 Å². The summed E-state index contributed by atoms with van der Waals surface area (Å²) >= 11 is 0. The SMILES string of the molecule is c1ccc(-c2nc(-c3ccccc3)nc(-c3cc(-c4ccc5ccccc5c4)cc(-c4ncccn4)c3)n2)cc1. The third-order valence-electron chi connectivity index (χ3n) is 6.80. The molecule has 2 heterocycles. The summed E-state index contributed by atoms with van der Waals surface area (Å²) in [7, 11) is 0. The molecule has 5 nitrogen and oxygen atoms in total. The van der Waals surface area contributed by atoms with Crippen LogP contribution in [0.3, 0.4) is 0 Å². The van der Waals surface area contributed by atoms with Gasteiger partial charge in [0.15, 0.2) is 23.3 Å². The summed E-state index contributed by atoms with van der Waals surface area (Å²) in [5.41, 5.74) is 5.75. The highest BCUT2D eigenvalue weighted by atomic mass is 15.0. The number of hydrogen-bond acceptors (Lipinski definition) is 5. The number of aromatic nitrogens is 5. The van der Waals surface area contributed by atoms with Crippen molar-refractivity contribution in [1.29, 1.82) is 0 Å². The van der Waals surface area contributed by atoms with E-state index < -0.39 is 0 Å². The highest BCUT2D eigenvalue weighted by Gasteiger charge is 2.15. The number of benzene rings is 5. The predicted molar refractivity (Wildman–Crippen MR) is 160 cm³/mol. The van der Waals surface area contributed by atoms with Crippen LogP contribution in [-0.2, 0) is 0 Å². The van der Waals surface area contributed by atoms with Crippen molar-refractivity contribution >= 4 is 10.8 Å². The van der Waals surface area contributed by atoms with Gasteiger partial charge in [-0.05, 0) is 52.2 Å². The maximum atomic E-state index is 4.96. The molecule has 2 aromatic heterocycles. The molecule has 0 bridgehead atoms. The standard InChI is InChI=1S/C35H23N5/c1-3-11-25(12-4-1)33-38-34(26-13-5-2-6-14-26)40-35(39-33)31-22-29(21-30(23-31)32-36-18-9-19-37-32)28-17-16-24-10-7-8-15-27(24)20-28/h1-23H. The zero-order chi connectivity index (χ0) is 26.7. The Hall–Kier alpha value is -5.55. The van der Waals surface area contributed by atoms with Gasteiger partial charge in [-0.1, -0.05) is 97.1 Å². The van der Waals surface area contributed by atoms with Gasteiger partial charge >= 0.3 is 0 Å².